The van der Waals surface area contributed by atoms with Gasteiger partial charge in [-0.15, -0.1) is 0 Å². The van der Waals surface area contributed by atoms with Crippen LogP contribution in [0.25, 0.3) is 82.3 Å². The fourth-order valence-corrected chi connectivity index (χ4v) is 7.39. The average molecular weight is 549 g/mol. The lowest BCUT2D eigenvalue weighted by atomic mass is 10.0. The van der Waals surface area contributed by atoms with Gasteiger partial charge in [0.25, 0.3) is 0 Å². The topological polar surface area (TPSA) is 27.2 Å². The van der Waals surface area contributed by atoms with Gasteiger partial charge in [0, 0.05) is 56.1 Å². The highest BCUT2D eigenvalue weighted by molar-refractivity contribution is 6.32. The second-order valence-electron chi connectivity index (χ2n) is 11.2. The Morgan fingerprint density at radius 1 is 0.395 bits per heavy atom. The van der Waals surface area contributed by atoms with Crippen LogP contribution in [-0.2, 0) is 0 Å². The lowest BCUT2D eigenvalue weighted by molar-refractivity contribution is 1.17. The van der Waals surface area contributed by atoms with Crippen LogP contribution in [0.1, 0.15) is 0 Å². The van der Waals surface area contributed by atoms with Gasteiger partial charge in [0.1, 0.15) is 5.65 Å². The zero-order valence-corrected chi connectivity index (χ0v) is 23.1. The molecule has 6 aromatic carbocycles. The third-order valence-electron chi connectivity index (χ3n) is 9.07. The quantitative estimate of drug-likeness (QED) is 0.198. The zero-order chi connectivity index (χ0) is 28.1. The SMILES string of the molecule is c1ccc(-n2c3ccc4c5ccccc5n(-c5ccccc5)c4c3c3c2ccc2c4ccccc4c4nccn4c23)cc1. The summed E-state index contributed by atoms with van der Waals surface area (Å²) in [7, 11) is 0. The molecule has 0 N–H and O–H groups in total. The minimum atomic E-state index is 0.979. The summed E-state index contributed by atoms with van der Waals surface area (Å²) in [6.07, 6.45) is 4.04. The standard InChI is InChI=1S/C39H24N4/c1-3-11-25(12-4-1)42-33-21-19-29-27-15-7-8-17-31(27)39-40-23-24-41(39)37(29)35(33)36-34(42)22-20-30-28-16-9-10-18-32(28)43(38(30)36)26-13-5-2-6-14-26/h1-24H. The number of nitrogens with zero attached hydrogens (tertiary/aromatic N) is 4. The first-order valence-corrected chi connectivity index (χ1v) is 14.7. The molecule has 0 aliphatic rings. The van der Waals surface area contributed by atoms with Crippen LogP contribution in [0.4, 0.5) is 0 Å². The summed E-state index contributed by atoms with van der Waals surface area (Å²) in [5.41, 5.74) is 9.24. The molecule has 0 atom stereocenters. The maximum atomic E-state index is 4.86. The molecule has 10 rings (SSSR count). The van der Waals surface area contributed by atoms with Crippen molar-refractivity contribution in [3.05, 3.63) is 146 Å². The van der Waals surface area contributed by atoms with Crippen molar-refractivity contribution < 1.29 is 0 Å². The van der Waals surface area contributed by atoms with E-state index in [9.17, 15) is 0 Å². The number of benzene rings is 6. The molecule has 0 saturated heterocycles. The second kappa shape index (κ2) is 8.34. The number of rotatable bonds is 2. The van der Waals surface area contributed by atoms with Crippen molar-refractivity contribution in [2.24, 2.45) is 0 Å². The van der Waals surface area contributed by atoms with E-state index < -0.39 is 0 Å². The summed E-state index contributed by atoms with van der Waals surface area (Å²) in [5, 5.41) is 8.58. The van der Waals surface area contributed by atoms with E-state index in [1.807, 2.05) is 6.20 Å². The molecule has 0 radical (unpaired) electrons. The first-order chi connectivity index (χ1) is 21.4. The first kappa shape index (κ1) is 22.8. The highest BCUT2D eigenvalue weighted by Crippen LogP contribution is 2.45. The fraction of sp³-hybridized carbons (Fsp3) is 0. The Labute approximate surface area is 246 Å². The van der Waals surface area contributed by atoms with Crippen LogP contribution in [0.3, 0.4) is 0 Å². The van der Waals surface area contributed by atoms with E-state index in [0.29, 0.717) is 0 Å². The van der Waals surface area contributed by atoms with Gasteiger partial charge in [0.2, 0.25) is 0 Å². The zero-order valence-electron chi connectivity index (χ0n) is 23.1. The molecule has 0 aliphatic carbocycles. The van der Waals surface area contributed by atoms with Gasteiger partial charge in [-0.05, 0) is 47.9 Å². The molecule has 0 bridgehead atoms. The minimum Gasteiger partial charge on any atom is -0.309 e. The van der Waals surface area contributed by atoms with Gasteiger partial charge in [0.15, 0.2) is 0 Å². The molecule has 0 saturated carbocycles. The molecule has 0 spiro atoms. The molecule has 4 nitrogen and oxygen atoms in total. The predicted octanol–water partition coefficient (Wildman–Crippen LogP) is 9.83. The van der Waals surface area contributed by atoms with Gasteiger partial charge in [-0.1, -0.05) is 91.0 Å². The van der Waals surface area contributed by atoms with Crippen molar-refractivity contribution in [2.75, 3.05) is 0 Å². The molecule has 10 aromatic rings. The van der Waals surface area contributed by atoms with Crippen LogP contribution in [0.5, 0.6) is 0 Å². The lowest BCUT2D eigenvalue weighted by Crippen LogP contribution is -1.95. The van der Waals surface area contributed by atoms with Crippen molar-refractivity contribution in [3.8, 4) is 11.4 Å². The maximum absolute atomic E-state index is 4.86. The third-order valence-corrected chi connectivity index (χ3v) is 9.07. The van der Waals surface area contributed by atoms with E-state index in [1.165, 1.54) is 59.9 Å². The number of pyridine rings is 1. The Bertz CT molecular complexity index is 2710. The van der Waals surface area contributed by atoms with Gasteiger partial charge in [0.05, 0.1) is 27.6 Å². The molecule has 200 valence electrons. The Morgan fingerprint density at radius 3 is 1.67 bits per heavy atom. The van der Waals surface area contributed by atoms with Crippen LogP contribution < -0.4 is 0 Å². The summed E-state index contributed by atoms with van der Waals surface area (Å²) in [5.74, 6) is 0. The lowest BCUT2D eigenvalue weighted by Gasteiger charge is -2.11. The Morgan fingerprint density at radius 2 is 0.953 bits per heavy atom. The molecular weight excluding hydrogens is 524 g/mol. The number of imidazole rings is 1. The molecule has 0 fully saturated rings. The van der Waals surface area contributed by atoms with Crippen LogP contribution in [-0.4, -0.2) is 18.5 Å². The van der Waals surface area contributed by atoms with Gasteiger partial charge >= 0.3 is 0 Å². The largest absolute Gasteiger partial charge is 0.309 e. The number of aromatic nitrogens is 4. The molecular formula is C39H24N4. The first-order valence-electron chi connectivity index (χ1n) is 14.7. The van der Waals surface area contributed by atoms with Crippen LogP contribution in [0.2, 0.25) is 0 Å². The second-order valence-corrected chi connectivity index (χ2v) is 11.2. The van der Waals surface area contributed by atoms with E-state index in [4.69, 9.17) is 4.98 Å². The van der Waals surface area contributed by atoms with Gasteiger partial charge in [-0.2, -0.15) is 0 Å². The molecule has 4 heterocycles. The Kier molecular flexibility index (Phi) is 4.42. The summed E-state index contributed by atoms with van der Waals surface area (Å²) in [6.45, 7) is 0. The van der Waals surface area contributed by atoms with E-state index in [0.717, 1.165) is 22.4 Å². The Balaban J connectivity index is 1.57. The van der Waals surface area contributed by atoms with Crippen molar-refractivity contribution in [1.29, 1.82) is 0 Å². The summed E-state index contributed by atoms with van der Waals surface area (Å²) < 4.78 is 7.17. The van der Waals surface area contributed by atoms with Gasteiger partial charge < -0.3 is 9.13 Å². The summed E-state index contributed by atoms with van der Waals surface area (Å²) in [4.78, 5) is 4.86. The summed E-state index contributed by atoms with van der Waals surface area (Å²) >= 11 is 0. The summed E-state index contributed by atoms with van der Waals surface area (Å²) in [6, 6.07) is 48.1. The normalized spacial score (nSPS) is 12.2. The van der Waals surface area contributed by atoms with Crippen molar-refractivity contribution in [2.45, 2.75) is 0 Å². The molecule has 4 heteroatoms. The molecule has 43 heavy (non-hydrogen) atoms. The van der Waals surface area contributed by atoms with Gasteiger partial charge in [-0.25, -0.2) is 4.98 Å². The molecule has 0 amide bonds. The van der Waals surface area contributed by atoms with Crippen LogP contribution >= 0.6 is 0 Å². The third kappa shape index (κ3) is 2.92. The molecule has 4 aromatic heterocycles. The van der Waals surface area contributed by atoms with E-state index in [2.05, 4.69) is 153 Å². The van der Waals surface area contributed by atoms with Crippen molar-refractivity contribution >= 4 is 70.9 Å². The monoisotopic (exact) mass is 548 g/mol. The number of fused-ring (bicyclic) bond motifs is 14. The maximum Gasteiger partial charge on any atom is 0.145 e. The van der Waals surface area contributed by atoms with E-state index in [1.54, 1.807) is 0 Å². The number of hydrogen-bond donors (Lipinski definition) is 0. The van der Waals surface area contributed by atoms with Crippen molar-refractivity contribution in [1.82, 2.24) is 18.5 Å². The van der Waals surface area contributed by atoms with E-state index in [-0.39, 0.29) is 0 Å². The minimum absolute atomic E-state index is 0.979. The molecule has 0 unspecified atom stereocenters. The van der Waals surface area contributed by atoms with E-state index >= 15 is 0 Å². The highest BCUT2D eigenvalue weighted by Gasteiger charge is 2.23. The van der Waals surface area contributed by atoms with Crippen LogP contribution in [0.15, 0.2) is 146 Å². The number of para-hydroxylation sites is 3. The highest BCUT2D eigenvalue weighted by atomic mass is 15.0. The Hall–Kier alpha value is -5.87. The fourth-order valence-electron chi connectivity index (χ4n) is 7.39. The number of hydrogen-bond acceptors (Lipinski definition) is 1. The smallest absolute Gasteiger partial charge is 0.145 e. The predicted molar refractivity (Wildman–Crippen MR) is 179 cm³/mol. The average Bonchev–Trinajstić information content (AvgIpc) is 3.78. The molecule has 0 aliphatic heterocycles. The van der Waals surface area contributed by atoms with Gasteiger partial charge in [-0.3, -0.25) is 4.40 Å². The van der Waals surface area contributed by atoms with Crippen LogP contribution in [0, 0.1) is 0 Å². The van der Waals surface area contributed by atoms with Crippen molar-refractivity contribution in [3.63, 3.8) is 0 Å².